The van der Waals surface area contributed by atoms with Gasteiger partial charge >= 0.3 is 0 Å². The van der Waals surface area contributed by atoms with Gasteiger partial charge < -0.3 is 21.1 Å². The van der Waals surface area contributed by atoms with Crippen molar-refractivity contribution in [3.05, 3.63) is 23.5 Å². The molecular formula is C27H36N4O2. The Morgan fingerprint density at radius 3 is 2.79 bits per heavy atom. The maximum atomic E-state index is 13.7. The number of nitrogens with two attached hydrogens (primary N) is 1. The van der Waals surface area contributed by atoms with Gasteiger partial charge in [0.15, 0.2) is 0 Å². The van der Waals surface area contributed by atoms with Crippen molar-refractivity contribution < 1.29 is 9.90 Å². The average Bonchev–Trinajstić information content (AvgIpc) is 3.47. The molecular weight excluding hydrogens is 412 g/mol. The normalized spacial score (nSPS) is 41.4. The molecule has 7 unspecified atom stereocenters. The highest BCUT2D eigenvalue weighted by Gasteiger charge is 2.52. The fraction of sp³-hybridized carbons (Fsp3) is 0.704. The van der Waals surface area contributed by atoms with E-state index in [9.17, 15) is 9.90 Å². The van der Waals surface area contributed by atoms with E-state index in [2.05, 4.69) is 10.3 Å². The van der Waals surface area contributed by atoms with Crippen molar-refractivity contribution >= 4 is 16.9 Å². The van der Waals surface area contributed by atoms with Crippen LogP contribution in [-0.4, -0.2) is 32.1 Å². The van der Waals surface area contributed by atoms with Crippen LogP contribution in [0.25, 0.3) is 11.0 Å². The third kappa shape index (κ3) is 3.23. The van der Waals surface area contributed by atoms with E-state index in [-0.39, 0.29) is 22.7 Å². The monoisotopic (exact) mass is 448 g/mol. The SMILES string of the molecule is NC12CCCC3CC(C1)CC(NC(=O)c1ccc(O)c4[nH]c(C5CC6CCC5C6)nc14)(C3)C2. The number of carbonyl (C=O) groups excluding carboxylic acids is 1. The number of hydrogen-bond donors (Lipinski definition) is 4. The van der Waals surface area contributed by atoms with E-state index in [1.54, 1.807) is 12.1 Å². The van der Waals surface area contributed by atoms with Crippen molar-refractivity contribution in [1.29, 1.82) is 0 Å². The van der Waals surface area contributed by atoms with E-state index in [4.69, 9.17) is 10.7 Å². The van der Waals surface area contributed by atoms with E-state index < -0.39 is 0 Å². The van der Waals surface area contributed by atoms with Crippen LogP contribution in [0.3, 0.4) is 0 Å². The van der Waals surface area contributed by atoms with Gasteiger partial charge in [0.2, 0.25) is 0 Å². The van der Waals surface area contributed by atoms with Gasteiger partial charge in [0.25, 0.3) is 5.91 Å². The number of benzene rings is 1. The molecule has 0 aliphatic heterocycles. The van der Waals surface area contributed by atoms with Gasteiger partial charge in [-0.2, -0.15) is 0 Å². The van der Waals surface area contributed by atoms with Crippen LogP contribution in [0.4, 0.5) is 0 Å². The van der Waals surface area contributed by atoms with Gasteiger partial charge in [0.05, 0.1) is 5.56 Å². The Bertz CT molecular complexity index is 1130. The number of phenols is 1. The molecule has 0 saturated heterocycles. The molecule has 8 rings (SSSR count). The number of phenolic OH excluding ortho intramolecular Hbond substituents is 1. The summed E-state index contributed by atoms with van der Waals surface area (Å²) in [4.78, 5) is 22.1. The number of hydrogen-bond acceptors (Lipinski definition) is 4. The topological polar surface area (TPSA) is 104 Å². The molecule has 5 N–H and O–H groups in total. The first-order valence-corrected chi connectivity index (χ1v) is 13.2. The summed E-state index contributed by atoms with van der Waals surface area (Å²) < 4.78 is 0. The number of aromatic amines is 1. The maximum absolute atomic E-state index is 13.7. The maximum Gasteiger partial charge on any atom is 0.253 e. The third-order valence-electron chi connectivity index (χ3n) is 10.1. The molecule has 176 valence electrons. The van der Waals surface area contributed by atoms with Crippen LogP contribution in [0.1, 0.15) is 99.2 Å². The average molecular weight is 449 g/mol. The molecule has 1 aromatic carbocycles. The van der Waals surface area contributed by atoms with Gasteiger partial charge in [-0.1, -0.05) is 19.3 Å². The Morgan fingerprint density at radius 1 is 1.09 bits per heavy atom. The summed E-state index contributed by atoms with van der Waals surface area (Å²) >= 11 is 0. The zero-order chi connectivity index (χ0) is 22.4. The number of H-pyrrole nitrogens is 1. The highest BCUT2D eigenvalue weighted by molar-refractivity contribution is 6.06. The third-order valence-corrected chi connectivity index (χ3v) is 10.1. The van der Waals surface area contributed by atoms with E-state index in [0.717, 1.165) is 43.8 Å². The van der Waals surface area contributed by atoms with E-state index in [1.165, 1.54) is 44.9 Å². The summed E-state index contributed by atoms with van der Waals surface area (Å²) in [6.45, 7) is 0. The first-order valence-electron chi connectivity index (χ1n) is 13.2. The van der Waals surface area contributed by atoms with Crippen LogP contribution in [0.2, 0.25) is 0 Å². The highest BCUT2D eigenvalue weighted by Crippen LogP contribution is 2.54. The largest absolute Gasteiger partial charge is 0.506 e. The minimum absolute atomic E-state index is 0.0600. The standard InChI is InChI=1S/C27H36N4O2/c28-26-7-1-2-16-8-17(11-26)13-27(12-16,14-26)31-25(33)19-5-6-21(32)23-22(19)29-24(30-23)20-10-15-3-4-18(20)9-15/h5-6,15-18,20,32H,1-4,7-14,28H2,(H,29,30)(H,31,33). The quantitative estimate of drug-likeness (QED) is 0.545. The summed E-state index contributed by atoms with van der Waals surface area (Å²) in [7, 11) is 0. The zero-order valence-corrected chi connectivity index (χ0v) is 19.4. The summed E-state index contributed by atoms with van der Waals surface area (Å²) in [6, 6.07) is 3.39. The number of aromatic hydroxyl groups is 1. The predicted molar refractivity (Wildman–Crippen MR) is 127 cm³/mol. The number of aromatic nitrogens is 2. The van der Waals surface area contributed by atoms with Crippen LogP contribution in [-0.2, 0) is 0 Å². The first-order chi connectivity index (χ1) is 15.9. The Morgan fingerprint density at radius 2 is 1.97 bits per heavy atom. The number of nitrogens with one attached hydrogen (secondary N) is 2. The minimum Gasteiger partial charge on any atom is -0.506 e. The zero-order valence-electron chi connectivity index (χ0n) is 19.4. The number of carbonyl (C=O) groups is 1. The van der Waals surface area contributed by atoms with E-state index >= 15 is 0 Å². The smallest absolute Gasteiger partial charge is 0.253 e. The second-order valence-electron chi connectivity index (χ2n) is 12.5. The van der Waals surface area contributed by atoms with Crippen molar-refractivity contribution in [2.75, 3.05) is 0 Å². The van der Waals surface area contributed by atoms with Crippen LogP contribution in [0.15, 0.2) is 12.1 Å². The highest BCUT2D eigenvalue weighted by atomic mass is 16.3. The molecule has 33 heavy (non-hydrogen) atoms. The Balaban J connectivity index is 1.22. The van der Waals surface area contributed by atoms with Gasteiger partial charge in [0.1, 0.15) is 22.6 Å². The molecule has 6 fully saturated rings. The number of nitrogens with zero attached hydrogens (tertiary/aromatic N) is 1. The van der Waals surface area contributed by atoms with Crippen molar-refractivity contribution in [3.8, 4) is 5.75 Å². The molecule has 6 aliphatic carbocycles. The molecule has 6 heteroatoms. The molecule has 0 spiro atoms. The predicted octanol–water partition coefficient (Wildman–Crippen LogP) is 4.73. The lowest BCUT2D eigenvalue weighted by Gasteiger charge is -2.56. The van der Waals surface area contributed by atoms with E-state index in [0.29, 0.717) is 40.3 Å². The van der Waals surface area contributed by atoms with Crippen LogP contribution < -0.4 is 11.1 Å². The molecule has 6 nitrogen and oxygen atoms in total. The molecule has 1 heterocycles. The first kappa shape index (κ1) is 20.3. The Labute approximate surface area is 195 Å². The number of fused-ring (bicyclic) bond motifs is 5. The fourth-order valence-corrected chi connectivity index (χ4v) is 9.09. The van der Waals surface area contributed by atoms with Gasteiger partial charge in [0, 0.05) is 17.0 Å². The molecule has 2 aromatic rings. The van der Waals surface area contributed by atoms with Gasteiger partial charge in [-0.05, 0) is 93.6 Å². The Hall–Kier alpha value is -2.08. The number of rotatable bonds is 3. The lowest BCUT2D eigenvalue weighted by Crippen LogP contribution is -2.64. The van der Waals surface area contributed by atoms with Gasteiger partial charge in [-0.25, -0.2) is 4.98 Å². The molecule has 6 aliphatic rings. The lowest BCUT2D eigenvalue weighted by molar-refractivity contribution is 0.00938. The summed E-state index contributed by atoms with van der Waals surface area (Å²) in [5, 5.41) is 14.0. The fourth-order valence-electron chi connectivity index (χ4n) is 9.09. The minimum atomic E-state index is -0.202. The summed E-state index contributed by atoms with van der Waals surface area (Å²) in [5.74, 6) is 4.33. The van der Waals surface area contributed by atoms with Gasteiger partial charge in [-0.15, -0.1) is 0 Å². The second kappa shape index (κ2) is 6.97. The van der Waals surface area contributed by atoms with Crippen molar-refractivity contribution in [3.63, 3.8) is 0 Å². The lowest BCUT2D eigenvalue weighted by atomic mass is 9.55. The van der Waals surface area contributed by atoms with Crippen LogP contribution >= 0.6 is 0 Å². The summed E-state index contributed by atoms with van der Waals surface area (Å²) in [6.07, 6.45) is 14.0. The number of amides is 1. The molecule has 0 radical (unpaired) electrons. The number of imidazole rings is 1. The molecule has 1 amide bonds. The Kier molecular flexibility index (Phi) is 4.29. The van der Waals surface area contributed by atoms with E-state index in [1.807, 2.05) is 0 Å². The molecule has 6 bridgehead atoms. The van der Waals surface area contributed by atoms with Crippen LogP contribution in [0, 0.1) is 23.7 Å². The summed E-state index contributed by atoms with van der Waals surface area (Å²) in [5.41, 5.74) is 8.35. The molecule has 6 saturated carbocycles. The van der Waals surface area contributed by atoms with Crippen molar-refractivity contribution in [2.24, 2.45) is 29.4 Å². The van der Waals surface area contributed by atoms with Crippen LogP contribution in [0.5, 0.6) is 5.75 Å². The molecule has 1 aromatic heterocycles. The van der Waals surface area contributed by atoms with Crippen molar-refractivity contribution in [1.82, 2.24) is 15.3 Å². The second-order valence-corrected chi connectivity index (χ2v) is 12.5. The van der Waals surface area contributed by atoms with Crippen molar-refractivity contribution in [2.45, 2.75) is 94.0 Å². The molecule has 7 atom stereocenters. The van der Waals surface area contributed by atoms with Gasteiger partial charge in [-0.3, -0.25) is 4.79 Å².